The number of benzene rings is 1. The Balaban J connectivity index is 2.60. The minimum atomic E-state index is -0.222. The second-order valence-electron chi connectivity index (χ2n) is 6.39. The predicted molar refractivity (Wildman–Crippen MR) is 107 cm³/mol. The molecule has 0 fully saturated rings. The number of aromatic nitrogens is 2. The van der Waals surface area contributed by atoms with Crippen molar-refractivity contribution in [3.8, 4) is 0 Å². The van der Waals surface area contributed by atoms with Gasteiger partial charge in [-0.1, -0.05) is 31.9 Å². The van der Waals surface area contributed by atoms with Crippen LogP contribution in [0.1, 0.15) is 65.2 Å². The third-order valence-electron chi connectivity index (χ3n) is 4.73. The highest BCUT2D eigenvalue weighted by atomic mass is 35.5. The molecule has 5 nitrogen and oxygen atoms in total. The highest BCUT2D eigenvalue weighted by Gasteiger charge is 2.26. The number of hydrogen-bond acceptors (Lipinski definition) is 3. The molecule has 1 unspecified atom stereocenters. The summed E-state index contributed by atoms with van der Waals surface area (Å²) in [5.41, 5.74) is 0.498. The Morgan fingerprint density at radius 1 is 1.27 bits per heavy atom. The molecule has 0 aliphatic rings. The number of carbonyl (C=O) groups is 1. The number of nitrogens with zero attached hydrogens (tertiary/aromatic N) is 3. The van der Waals surface area contributed by atoms with Gasteiger partial charge in [0.25, 0.3) is 5.56 Å². The standard InChI is InChI=1S/C20H28ClN3O2/c1-5-9-10-18(25)23(7-3)17(6-2)19-22-16-13-14(21)11-12-15(16)20(26)24(19)8-4/h11-13,17H,5-10H2,1-4H3. The lowest BCUT2D eigenvalue weighted by Gasteiger charge is -2.31. The van der Waals surface area contributed by atoms with Gasteiger partial charge in [0.05, 0.1) is 16.9 Å². The van der Waals surface area contributed by atoms with Crippen molar-refractivity contribution in [3.05, 3.63) is 39.4 Å². The van der Waals surface area contributed by atoms with Crippen LogP contribution in [0.4, 0.5) is 0 Å². The fourth-order valence-corrected chi connectivity index (χ4v) is 3.52. The Bertz CT molecular complexity index is 832. The van der Waals surface area contributed by atoms with E-state index in [2.05, 4.69) is 6.92 Å². The van der Waals surface area contributed by atoms with Crippen molar-refractivity contribution in [3.63, 3.8) is 0 Å². The SMILES string of the molecule is CCCCC(=O)N(CC)C(CC)c1nc2cc(Cl)ccc2c(=O)n1CC. The topological polar surface area (TPSA) is 55.2 Å². The fourth-order valence-electron chi connectivity index (χ4n) is 3.36. The molecule has 2 rings (SSSR count). The van der Waals surface area contributed by atoms with Crippen molar-refractivity contribution in [2.75, 3.05) is 6.54 Å². The Labute approximate surface area is 160 Å². The predicted octanol–water partition coefficient (Wildman–Crippen LogP) is 4.56. The maximum absolute atomic E-state index is 12.9. The average molecular weight is 378 g/mol. The summed E-state index contributed by atoms with van der Waals surface area (Å²) in [6.07, 6.45) is 3.07. The van der Waals surface area contributed by atoms with Crippen molar-refractivity contribution in [1.29, 1.82) is 0 Å². The van der Waals surface area contributed by atoms with Gasteiger partial charge in [-0.15, -0.1) is 0 Å². The van der Waals surface area contributed by atoms with Crippen LogP contribution in [0.25, 0.3) is 10.9 Å². The molecule has 0 aliphatic carbocycles. The zero-order valence-corrected chi connectivity index (χ0v) is 16.8. The van der Waals surface area contributed by atoms with E-state index in [0.29, 0.717) is 47.7 Å². The van der Waals surface area contributed by atoms with Gasteiger partial charge in [-0.3, -0.25) is 14.2 Å². The third-order valence-corrected chi connectivity index (χ3v) is 4.96. The summed E-state index contributed by atoms with van der Waals surface area (Å²) in [5, 5.41) is 1.10. The number of unbranched alkanes of at least 4 members (excludes halogenated alkanes) is 1. The van der Waals surface area contributed by atoms with Gasteiger partial charge in [-0.05, 0) is 44.9 Å². The zero-order valence-electron chi connectivity index (χ0n) is 16.1. The van der Waals surface area contributed by atoms with E-state index in [0.717, 1.165) is 12.8 Å². The highest BCUT2D eigenvalue weighted by Crippen LogP contribution is 2.25. The van der Waals surface area contributed by atoms with E-state index in [1.165, 1.54) is 0 Å². The number of fused-ring (bicyclic) bond motifs is 1. The Morgan fingerprint density at radius 2 is 2.00 bits per heavy atom. The molecular formula is C20H28ClN3O2. The van der Waals surface area contributed by atoms with Crippen molar-refractivity contribution in [1.82, 2.24) is 14.5 Å². The van der Waals surface area contributed by atoms with Crippen LogP contribution in [0.3, 0.4) is 0 Å². The molecule has 1 atom stereocenters. The summed E-state index contributed by atoms with van der Waals surface area (Å²) < 4.78 is 1.68. The summed E-state index contributed by atoms with van der Waals surface area (Å²) in [5.74, 6) is 0.755. The molecule has 26 heavy (non-hydrogen) atoms. The number of rotatable bonds is 8. The molecule has 1 amide bonds. The molecule has 0 N–H and O–H groups in total. The Hall–Kier alpha value is -1.88. The van der Waals surface area contributed by atoms with Gasteiger partial charge >= 0.3 is 0 Å². The first kappa shape index (κ1) is 20.4. The molecule has 0 aliphatic heterocycles. The lowest BCUT2D eigenvalue weighted by molar-refractivity contribution is -0.134. The van der Waals surface area contributed by atoms with E-state index in [4.69, 9.17) is 16.6 Å². The van der Waals surface area contributed by atoms with Crippen LogP contribution in [0.15, 0.2) is 23.0 Å². The van der Waals surface area contributed by atoms with Crippen molar-refractivity contribution in [2.45, 2.75) is 66.0 Å². The summed E-state index contributed by atoms with van der Waals surface area (Å²) in [6.45, 7) is 9.10. The molecule has 6 heteroatoms. The van der Waals surface area contributed by atoms with Gasteiger partial charge in [0.1, 0.15) is 5.82 Å². The van der Waals surface area contributed by atoms with Crippen LogP contribution in [0, 0.1) is 0 Å². The molecule has 0 saturated heterocycles. The van der Waals surface area contributed by atoms with Gasteiger partial charge in [0.15, 0.2) is 0 Å². The van der Waals surface area contributed by atoms with Crippen LogP contribution < -0.4 is 5.56 Å². The molecule has 0 bridgehead atoms. The number of halogens is 1. The molecule has 0 spiro atoms. The van der Waals surface area contributed by atoms with Gasteiger partial charge in [0, 0.05) is 24.5 Å². The molecule has 1 aromatic carbocycles. The van der Waals surface area contributed by atoms with E-state index < -0.39 is 0 Å². The Morgan fingerprint density at radius 3 is 2.58 bits per heavy atom. The second-order valence-corrected chi connectivity index (χ2v) is 6.82. The van der Waals surface area contributed by atoms with Crippen LogP contribution in [-0.2, 0) is 11.3 Å². The van der Waals surface area contributed by atoms with Crippen LogP contribution in [-0.4, -0.2) is 26.9 Å². The number of hydrogen-bond donors (Lipinski definition) is 0. The van der Waals surface area contributed by atoms with E-state index in [9.17, 15) is 9.59 Å². The normalized spacial score (nSPS) is 12.3. The zero-order chi connectivity index (χ0) is 19.3. The van der Waals surface area contributed by atoms with Crippen LogP contribution in [0.5, 0.6) is 0 Å². The van der Waals surface area contributed by atoms with Gasteiger partial charge < -0.3 is 4.90 Å². The summed E-state index contributed by atoms with van der Waals surface area (Å²) in [4.78, 5) is 32.2. The van der Waals surface area contributed by atoms with Crippen molar-refractivity contribution in [2.24, 2.45) is 0 Å². The minimum Gasteiger partial charge on any atom is -0.333 e. The van der Waals surface area contributed by atoms with Gasteiger partial charge in [-0.2, -0.15) is 0 Å². The fraction of sp³-hybridized carbons (Fsp3) is 0.550. The monoisotopic (exact) mass is 377 g/mol. The third kappa shape index (κ3) is 4.09. The van der Waals surface area contributed by atoms with Gasteiger partial charge in [0.2, 0.25) is 5.91 Å². The average Bonchev–Trinajstić information content (AvgIpc) is 2.63. The lowest BCUT2D eigenvalue weighted by Crippen LogP contribution is -2.38. The summed E-state index contributed by atoms with van der Waals surface area (Å²) in [7, 11) is 0. The van der Waals surface area contributed by atoms with E-state index in [1.54, 1.807) is 22.8 Å². The first-order valence-corrected chi connectivity index (χ1v) is 9.85. The molecular weight excluding hydrogens is 350 g/mol. The number of carbonyl (C=O) groups excluding carboxylic acids is 1. The maximum Gasteiger partial charge on any atom is 0.261 e. The smallest absolute Gasteiger partial charge is 0.261 e. The Kier molecular flexibility index (Phi) is 7.21. The molecule has 0 radical (unpaired) electrons. The van der Waals surface area contributed by atoms with E-state index in [-0.39, 0.29) is 17.5 Å². The molecule has 142 valence electrons. The van der Waals surface area contributed by atoms with Crippen molar-refractivity contribution >= 4 is 28.4 Å². The van der Waals surface area contributed by atoms with Crippen LogP contribution >= 0.6 is 11.6 Å². The molecule has 0 saturated carbocycles. The van der Waals surface area contributed by atoms with Crippen LogP contribution in [0.2, 0.25) is 5.02 Å². The van der Waals surface area contributed by atoms with E-state index in [1.807, 2.05) is 25.7 Å². The van der Waals surface area contributed by atoms with Crippen molar-refractivity contribution < 1.29 is 4.79 Å². The molecule has 1 aromatic heterocycles. The first-order valence-electron chi connectivity index (χ1n) is 9.47. The minimum absolute atomic E-state index is 0.0836. The molecule has 1 heterocycles. The number of amides is 1. The molecule has 2 aromatic rings. The quantitative estimate of drug-likeness (QED) is 0.677. The lowest BCUT2D eigenvalue weighted by atomic mass is 10.1. The largest absolute Gasteiger partial charge is 0.333 e. The first-order chi connectivity index (χ1) is 12.5. The summed E-state index contributed by atoms with van der Waals surface area (Å²) >= 11 is 6.09. The van der Waals surface area contributed by atoms with E-state index >= 15 is 0 Å². The highest BCUT2D eigenvalue weighted by molar-refractivity contribution is 6.31. The van der Waals surface area contributed by atoms with Gasteiger partial charge in [-0.25, -0.2) is 4.98 Å². The summed E-state index contributed by atoms with van der Waals surface area (Å²) in [6, 6.07) is 4.91. The second kappa shape index (κ2) is 9.17. The maximum atomic E-state index is 12.9.